The van der Waals surface area contributed by atoms with Gasteiger partial charge in [0.1, 0.15) is 5.75 Å². The van der Waals surface area contributed by atoms with E-state index in [4.69, 9.17) is 0 Å². The van der Waals surface area contributed by atoms with Crippen LogP contribution in [-0.2, 0) is 19.3 Å². The number of fused-ring (bicyclic) bond motifs is 1. The molecule has 2 atom stereocenters. The van der Waals surface area contributed by atoms with Crippen molar-refractivity contribution < 1.29 is 5.11 Å². The summed E-state index contributed by atoms with van der Waals surface area (Å²) in [5.41, 5.74) is 5.70. The third-order valence-corrected chi connectivity index (χ3v) is 5.78. The number of nitrogens with one attached hydrogen (secondary N) is 2. The van der Waals surface area contributed by atoms with Crippen molar-refractivity contribution in [3.8, 4) is 5.75 Å². The Balaban J connectivity index is 1.68. The van der Waals surface area contributed by atoms with Gasteiger partial charge in [0, 0.05) is 24.0 Å². The van der Waals surface area contributed by atoms with Crippen LogP contribution in [0.3, 0.4) is 0 Å². The number of H-pyrrole nitrogens is 1. The summed E-state index contributed by atoms with van der Waals surface area (Å²) in [6.07, 6.45) is 3.15. The van der Waals surface area contributed by atoms with E-state index in [1.807, 2.05) is 6.07 Å². The van der Waals surface area contributed by atoms with E-state index in [1.165, 1.54) is 22.8 Å². The number of aryl methyl sites for hydroxylation is 2. The van der Waals surface area contributed by atoms with Gasteiger partial charge in [-0.2, -0.15) is 0 Å². The SMILES string of the molecule is CCc1ccc(CC(C)NC[C@H](C)c2ccc(O)c3[nH]c(=O)ccc23)cc1CC. The van der Waals surface area contributed by atoms with Gasteiger partial charge >= 0.3 is 0 Å². The van der Waals surface area contributed by atoms with Crippen LogP contribution in [0.15, 0.2) is 47.3 Å². The number of aromatic amines is 1. The molecule has 0 bridgehead atoms. The third-order valence-electron chi connectivity index (χ3n) is 5.78. The number of aromatic hydroxyl groups is 1. The van der Waals surface area contributed by atoms with Crippen LogP contribution in [0.25, 0.3) is 10.9 Å². The minimum Gasteiger partial charge on any atom is -0.506 e. The number of rotatable bonds is 8. The maximum atomic E-state index is 11.6. The summed E-state index contributed by atoms with van der Waals surface area (Å²) >= 11 is 0. The van der Waals surface area contributed by atoms with Gasteiger partial charge in [0.05, 0.1) is 5.52 Å². The van der Waals surface area contributed by atoms with Crippen LogP contribution in [0.4, 0.5) is 0 Å². The van der Waals surface area contributed by atoms with Crippen molar-refractivity contribution in [1.82, 2.24) is 10.3 Å². The molecule has 3 aromatic rings. The zero-order chi connectivity index (χ0) is 21.0. The second kappa shape index (κ2) is 9.27. The normalized spacial score (nSPS) is 13.5. The first kappa shape index (κ1) is 21.1. The van der Waals surface area contributed by atoms with E-state index < -0.39 is 0 Å². The molecule has 0 fully saturated rings. The van der Waals surface area contributed by atoms with Gasteiger partial charge in [0.2, 0.25) is 5.56 Å². The van der Waals surface area contributed by atoms with E-state index in [-0.39, 0.29) is 17.2 Å². The van der Waals surface area contributed by atoms with Crippen LogP contribution >= 0.6 is 0 Å². The fourth-order valence-corrected chi connectivity index (χ4v) is 4.08. The van der Waals surface area contributed by atoms with Gasteiger partial charge in [-0.3, -0.25) is 4.79 Å². The molecule has 0 aliphatic carbocycles. The minimum atomic E-state index is -0.204. The molecule has 1 aromatic heterocycles. The first-order valence-corrected chi connectivity index (χ1v) is 10.6. The molecule has 0 saturated carbocycles. The summed E-state index contributed by atoms with van der Waals surface area (Å²) in [4.78, 5) is 14.4. The number of phenolic OH excluding ortho intramolecular Hbond substituents is 1. The molecule has 154 valence electrons. The highest BCUT2D eigenvalue weighted by molar-refractivity contribution is 5.87. The van der Waals surface area contributed by atoms with Crippen LogP contribution < -0.4 is 10.9 Å². The van der Waals surface area contributed by atoms with Crippen LogP contribution in [-0.4, -0.2) is 22.7 Å². The number of aromatic nitrogens is 1. The van der Waals surface area contributed by atoms with Crippen LogP contribution in [0.5, 0.6) is 5.75 Å². The molecule has 0 aliphatic heterocycles. The lowest BCUT2D eigenvalue weighted by Crippen LogP contribution is -2.31. The minimum absolute atomic E-state index is 0.109. The highest BCUT2D eigenvalue weighted by Crippen LogP contribution is 2.29. The van der Waals surface area contributed by atoms with Crippen molar-refractivity contribution in [3.63, 3.8) is 0 Å². The van der Waals surface area contributed by atoms with Gasteiger partial charge in [-0.25, -0.2) is 0 Å². The van der Waals surface area contributed by atoms with Gasteiger partial charge in [-0.1, -0.05) is 45.0 Å². The van der Waals surface area contributed by atoms with Gasteiger partial charge in [-0.15, -0.1) is 0 Å². The van der Waals surface area contributed by atoms with E-state index in [9.17, 15) is 9.90 Å². The maximum absolute atomic E-state index is 11.6. The lowest BCUT2D eigenvalue weighted by atomic mass is 9.95. The standard InChI is InChI=1S/C25H32N2O2/c1-5-19-8-7-18(14-20(19)6-2)13-17(4)26-15-16(3)21-9-11-23(28)25-22(21)10-12-24(29)27-25/h7-12,14,16-17,26,28H,5-6,13,15H2,1-4H3,(H,27,29)/t16-,17?/m0/s1. The average Bonchev–Trinajstić information content (AvgIpc) is 2.72. The first-order valence-electron chi connectivity index (χ1n) is 10.6. The summed E-state index contributed by atoms with van der Waals surface area (Å²) in [6, 6.07) is 14.2. The summed E-state index contributed by atoms with van der Waals surface area (Å²) in [7, 11) is 0. The van der Waals surface area contributed by atoms with E-state index in [2.05, 4.69) is 56.2 Å². The predicted molar refractivity (Wildman–Crippen MR) is 121 cm³/mol. The Labute approximate surface area is 173 Å². The van der Waals surface area contributed by atoms with E-state index in [0.717, 1.165) is 36.8 Å². The molecule has 0 amide bonds. The first-order chi connectivity index (χ1) is 13.9. The molecule has 2 aromatic carbocycles. The van der Waals surface area contributed by atoms with E-state index in [0.29, 0.717) is 11.6 Å². The molecule has 1 unspecified atom stereocenters. The zero-order valence-electron chi connectivity index (χ0n) is 17.9. The van der Waals surface area contributed by atoms with Crippen molar-refractivity contribution in [2.24, 2.45) is 0 Å². The van der Waals surface area contributed by atoms with Crippen molar-refractivity contribution >= 4 is 10.9 Å². The topological polar surface area (TPSA) is 65.1 Å². The smallest absolute Gasteiger partial charge is 0.248 e. The monoisotopic (exact) mass is 392 g/mol. The molecule has 4 heteroatoms. The lowest BCUT2D eigenvalue weighted by Gasteiger charge is -2.20. The van der Waals surface area contributed by atoms with Crippen molar-refractivity contribution in [2.75, 3.05) is 6.54 Å². The van der Waals surface area contributed by atoms with Crippen molar-refractivity contribution in [2.45, 2.75) is 58.9 Å². The molecule has 1 heterocycles. The Kier molecular flexibility index (Phi) is 6.75. The fraction of sp³-hybridized carbons (Fsp3) is 0.400. The van der Waals surface area contributed by atoms with Gasteiger partial charge in [0.15, 0.2) is 0 Å². The molecule has 3 N–H and O–H groups in total. The quantitative estimate of drug-likeness (QED) is 0.521. The van der Waals surface area contributed by atoms with Crippen molar-refractivity contribution in [3.05, 3.63) is 75.1 Å². The molecule has 0 aliphatic rings. The second-order valence-electron chi connectivity index (χ2n) is 8.01. The number of hydrogen-bond donors (Lipinski definition) is 3. The summed E-state index contributed by atoms with van der Waals surface area (Å²) < 4.78 is 0. The molecular formula is C25H32N2O2. The fourth-order valence-electron chi connectivity index (χ4n) is 4.08. The lowest BCUT2D eigenvalue weighted by molar-refractivity contribution is 0.479. The van der Waals surface area contributed by atoms with Crippen LogP contribution in [0.1, 0.15) is 55.9 Å². The number of pyridine rings is 1. The molecule has 3 rings (SSSR count). The molecule has 0 saturated heterocycles. The Morgan fingerprint density at radius 2 is 1.76 bits per heavy atom. The average molecular weight is 393 g/mol. The second-order valence-corrected chi connectivity index (χ2v) is 8.01. The molecule has 0 radical (unpaired) electrons. The van der Waals surface area contributed by atoms with Crippen molar-refractivity contribution in [1.29, 1.82) is 0 Å². The number of benzene rings is 2. The Bertz CT molecular complexity index is 1040. The van der Waals surface area contributed by atoms with E-state index >= 15 is 0 Å². The summed E-state index contributed by atoms with van der Waals surface area (Å²) in [5.74, 6) is 0.359. The summed E-state index contributed by atoms with van der Waals surface area (Å²) in [6.45, 7) is 9.65. The summed E-state index contributed by atoms with van der Waals surface area (Å²) in [5, 5.41) is 14.6. The Hall–Kier alpha value is -2.59. The molecule has 0 spiro atoms. The highest BCUT2D eigenvalue weighted by Gasteiger charge is 2.14. The van der Waals surface area contributed by atoms with Gasteiger partial charge in [0.25, 0.3) is 0 Å². The Morgan fingerprint density at radius 3 is 2.48 bits per heavy atom. The van der Waals surface area contributed by atoms with Crippen LogP contribution in [0, 0.1) is 0 Å². The van der Waals surface area contributed by atoms with Crippen LogP contribution in [0.2, 0.25) is 0 Å². The molecular weight excluding hydrogens is 360 g/mol. The predicted octanol–water partition coefficient (Wildman–Crippen LogP) is 4.68. The van der Waals surface area contributed by atoms with Gasteiger partial charge < -0.3 is 15.4 Å². The largest absolute Gasteiger partial charge is 0.506 e. The third kappa shape index (κ3) is 4.88. The molecule has 29 heavy (non-hydrogen) atoms. The highest BCUT2D eigenvalue weighted by atomic mass is 16.3. The zero-order valence-corrected chi connectivity index (χ0v) is 17.9. The maximum Gasteiger partial charge on any atom is 0.248 e. The van der Waals surface area contributed by atoms with Gasteiger partial charge in [-0.05, 0) is 66.5 Å². The molecule has 4 nitrogen and oxygen atoms in total. The Morgan fingerprint density at radius 1 is 1.00 bits per heavy atom. The number of hydrogen-bond acceptors (Lipinski definition) is 3. The van der Waals surface area contributed by atoms with E-state index in [1.54, 1.807) is 12.1 Å². The number of phenols is 1.